The second-order valence-corrected chi connectivity index (χ2v) is 7.89. The van der Waals surface area contributed by atoms with Gasteiger partial charge in [0.2, 0.25) is 5.91 Å². The van der Waals surface area contributed by atoms with Crippen LogP contribution in [0.5, 0.6) is 0 Å². The number of carbonyl (C=O) groups excluding carboxylic acids is 2. The van der Waals surface area contributed by atoms with Crippen LogP contribution in [0.1, 0.15) is 21.7 Å². The smallest absolute Gasteiger partial charge is 0.290 e. The number of anilines is 2. The number of pyridine rings is 1. The minimum atomic E-state index is -0.664. The van der Waals surface area contributed by atoms with Crippen molar-refractivity contribution in [1.29, 1.82) is 0 Å². The zero-order valence-corrected chi connectivity index (χ0v) is 17.6. The van der Waals surface area contributed by atoms with Crippen LogP contribution in [0.2, 0.25) is 0 Å². The number of benzene rings is 1. The van der Waals surface area contributed by atoms with Crippen LogP contribution in [-0.2, 0) is 22.5 Å². The second kappa shape index (κ2) is 8.84. The van der Waals surface area contributed by atoms with E-state index in [-0.39, 0.29) is 17.6 Å². The van der Waals surface area contributed by atoms with Gasteiger partial charge in [-0.15, -0.1) is 0 Å². The number of morpholine rings is 1. The number of ether oxygens (including phenoxy) is 1. The molecule has 0 aliphatic carbocycles. The molecule has 164 valence electrons. The summed E-state index contributed by atoms with van der Waals surface area (Å²) in [6.07, 6.45) is 3.64. The van der Waals surface area contributed by atoms with Gasteiger partial charge in [0.1, 0.15) is 11.9 Å². The van der Waals surface area contributed by atoms with Gasteiger partial charge in [-0.1, -0.05) is 24.3 Å². The van der Waals surface area contributed by atoms with Crippen molar-refractivity contribution < 1.29 is 18.7 Å². The number of carbonyl (C=O) groups is 2. The molecular weight excluding hydrogens is 408 g/mol. The van der Waals surface area contributed by atoms with E-state index >= 15 is 0 Å². The normalized spacial score (nSPS) is 18.2. The van der Waals surface area contributed by atoms with Gasteiger partial charge in [-0.2, -0.15) is 0 Å². The molecule has 1 N–H and O–H groups in total. The number of rotatable bonds is 4. The van der Waals surface area contributed by atoms with Crippen LogP contribution in [0, 0.1) is 0 Å². The van der Waals surface area contributed by atoms with Crippen molar-refractivity contribution in [3.8, 4) is 0 Å². The number of hydrogen-bond donors (Lipinski definition) is 1. The maximum atomic E-state index is 13.2. The predicted molar refractivity (Wildman–Crippen MR) is 118 cm³/mol. The Bertz CT molecular complexity index is 1090. The minimum Gasteiger partial charge on any atom is -0.459 e. The van der Waals surface area contributed by atoms with Crippen molar-refractivity contribution in [3.05, 3.63) is 77.9 Å². The first-order valence-electron chi connectivity index (χ1n) is 10.7. The van der Waals surface area contributed by atoms with E-state index in [1.807, 2.05) is 30.3 Å². The molecule has 8 nitrogen and oxygen atoms in total. The van der Waals surface area contributed by atoms with Gasteiger partial charge in [0.15, 0.2) is 5.76 Å². The summed E-state index contributed by atoms with van der Waals surface area (Å²) in [6.45, 7) is 3.37. The highest BCUT2D eigenvalue weighted by Crippen LogP contribution is 2.26. The van der Waals surface area contributed by atoms with E-state index in [1.165, 1.54) is 6.26 Å². The summed E-state index contributed by atoms with van der Waals surface area (Å²) in [6, 6.07) is 14.2. The van der Waals surface area contributed by atoms with Gasteiger partial charge in [0, 0.05) is 26.1 Å². The first-order valence-corrected chi connectivity index (χ1v) is 10.7. The molecule has 8 heteroatoms. The largest absolute Gasteiger partial charge is 0.459 e. The molecule has 2 aromatic heterocycles. The molecule has 2 aliphatic rings. The summed E-state index contributed by atoms with van der Waals surface area (Å²) in [5, 5.41) is 2.88. The summed E-state index contributed by atoms with van der Waals surface area (Å²) in [5.74, 6) is 0.0951. The second-order valence-electron chi connectivity index (χ2n) is 7.89. The third-order valence-corrected chi connectivity index (χ3v) is 5.92. The Balaban J connectivity index is 1.35. The van der Waals surface area contributed by atoms with E-state index in [4.69, 9.17) is 9.15 Å². The minimum absolute atomic E-state index is 0.218. The molecule has 0 bridgehead atoms. The Morgan fingerprint density at radius 2 is 1.81 bits per heavy atom. The number of fused-ring (bicyclic) bond motifs is 1. The number of nitrogens with zero attached hydrogens (tertiary/aromatic N) is 3. The standard InChI is InChI=1S/C24H24N4O4/c29-23(26-22-8-7-19(15-25-22)27-9-12-31-13-10-27)20-14-17-4-1-2-5-18(17)16-28(20)24(30)21-6-3-11-32-21/h1-8,11,15,20H,9-10,12-14,16H2,(H,25,26,29). The number of amides is 2. The van der Waals surface area contributed by atoms with Crippen LogP contribution >= 0.6 is 0 Å². The van der Waals surface area contributed by atoms with Crippen molar-refractivity contribution in [2.45, 2.75) is 19.0 Å². The topological polar surface area (TPSA) is 87.9 Å². The lowest BCUT2D eigenvalue weighted by Gasteiger charge is -2.35. The SMILES string of the molecule is O=C(Nc1ccc(N2CCOCC2)cn1)C1Cc2ccccc2CN1C(=O)c1ccco1. The third kappa shape index (κ3) is 4.09. The fraction of sp³-hybridized carbons (Fsp3) is 0.292. The molecule has 1 saturated heterocycles. The molecule has 5 rings (SSSR count). The Labute approximate surface area is 185 Å². The molecule has 32 heavy (non-hydrogen) atoms. The molecule has 1 unspecified atom stereocenters. The molecule has 0 radical (unpaired) electrons. The summed E-state index contributed by atoms with van der Waals surface area (Å²) < 4.78 is 10.7. The van der Waals surface area contributed by atoms with Gasteiger partial charge in [0.25, 0.3) is 5.91 Å². The molecule has 3 aromatic rings. The molecule has 2 aliphatic heterocycles. The molecule has 2 amide bonds. The Morgan fingerprint density at radius 1 is 1.00 bits per heavy atom. The summed E-state index contributed by atoms with van der Waals surface area (Å²) in [4.78, 5) is 34.5. The van der Waals surface area contributed by atoms with Gasteiger partial charge in [-0.25, -0.2) is 4.98 Å². The van der Waals surface area contributed by atoms with Crippen molar-refractivity contribution in [1.82, 2.24) is 9.88 Å². The van der Waals surface area contributed by atoms with Crippen LogP contribution in [-0.4, -0.2) is 54.0 Å². The van der Waals surface area contributed by atoms with Gasteiger partial charge in [-0.05, 0) is 35.4 Å². The zero-order chi connectivity index (χ0) is 21.9. The maximum Gasteiger partial charge on any atom is 0.290 e. The number of aromatic nitrogens is 1. The van der Waals surface area contributed by atoms with Crippen LogP contribution in [0.4, 0.5) is 11.5 Å². The van der Waals surface area contributed by atoms with Crippen molar-refractivity contribution in [2.24, 2.45) is 0 Å². The van der Waals surface area contributed by atoms with E-state index in [1.54, 1.807) is 29.3 Å². The molecular formula is C24H24N4O4. The highest BCUT2D eigenvalue weighted by atomic mass is 16.5. The third-order valence-electron chi connectivity index (χ3n) is 5.92. The summed E-state index contributed by atoms with van der Waals surface area (Å²) in [5.41, 5.74) is 3.09. The van der Waals surface area contributed by atoms with Crippen LogP contribution in [0.15, 0.2) is 65.4 Å². The lowest BCUT2D eigenvalue weighted by atomic mass is 9.93. The first kappa shape index (κ1) is 20.3. The van der Waals surface area contributed by atoms with Crippen molar-refractivity contribution >= 4 is 23.3 Å². The molecule has 1 aromatic carbocycles. The quantitative estimate of drug-likeness (QED) is 0.682. The highest BCUT2D eigenvalue weighted by Gasteiger charge is 2.36. The summed E-state index contributed by atoms with van der Waals surface area (Å²) in [7, 11) is 0. The fourth-order valence-electron chi connectivity index (χ4n) is 4.19. The molecule has 4 heterocycles. The van der Waals surface area contributed by atoms with Crippen LogP contribution in [0.25, 0.3) is 0 Å². The number of hydrogen-bond acceptors (Lipinski definition) is 6. The Kier molecular flexibility index (Phi) is 5.60. The van der Waals surface area contributed by atoms with Gasteiger partial charge in [0.05, 0.1) is 31.4 Å². The maximum absolute atomic E-state index is 13.2. The Hall–Kier alpha value is -3.65. The predicted octanol–water partition coefficient (Wildman–Crippen LogP) is 2.72. The average Bonchev–Trinajstić information content (AvgIpc) is 3.39. The van der Waals surface area contributed by atoms with E-state index < -0.39 is 6.04 Å². The van der Waals surface area contributed by atoms with Gasteiger partial charge >= 0.3 is 0 Å². The molecule has 0 saturated carbocycles. The molecule has 1 fully saturated rings. The lowest BCUT2D eigenvalue weighted by molar-refractivity contribution is -0.121. The lowest BCUT2D eigenvalue weighted by Crippen LogP contribution is -2.50. The average molecular weight is 432 g/mol. The van der Waals surface area contributed by atoms with Crippen molar-refractivity contribution in [2.75, 3.05) is 36.5 Å². The zero-order valence-electron chi connectivity index (χ0n) is 17.6. The van der Waals surface area contributed by atoms with Crippen LogP contribution < -0.4 is 10.2 Å². The molecule has 0 spiro atoms. The van der Waals surface area contributed by atoms with E-state index in [0.29, 0.717) is 32.0 Å². The highest BCUT2D eigenvalue weighted by molar-refractivity contribution is 6.00. The van der Waals surface area contributed by atoms with E-state index in [0.717, 1.165) is 29.9 Å². The first-order chi connectivity index (χ1) is 15.7. The van der Waals surface area contributed by atoms with Crippen LogP contribution in [0.3, 0.4) is 0 Å². The van der Waals surface area contributed by atoms with Gasteiger partial charge < -0.3 is 24.3 Å². The van der Waals surface area contributed by atoms with E-state index in [2.05, 4.69) is 15.2 Å². The fourth-order valence-corrected chi connectivity index (χ4v) is 4.19. The van der Waals surface area contributed by atoms with E-state index in [9.17, 15) is 9.59 Å². The molecule has 1 atom stereocenters. The Morgan fingerprint density at radius 3 is 2.53 bits per heavy atom. The van der Waals surface area contributed by atoms with Crippen molar-refractivity contribution in [3.63, 3.8) is 0 Å². The van der Waals surface area contributed by atoms with Gasteiger partial charge in [-0.3, -0.25) is 9.59 Å². The number of furan rings is 1. The monoisotopic (exact) mass is 432 g/mol. The number of nitrogens with one attached hydrogen (secondary N) is 1. The summed E-state index contributed by atoms with van der Waals surface area (Å²) >= 11 is 0.